The predicted octanol–water partition coefficient (Wildman–Crippen LogP) is 3.44. The Morgan fingerprint density at radius 2 is 1.39 bits per heavy atom. The van der Waals surface area contributed by atoms with Crippen LogP contribution in [0.15, 0.2) is 65.7 Å². The van der Waals surface area contributed by atoms with Crippen molar-refractivity contribution < 1.29 is 0 Å². The summed E-state index contributed by atoms with van der Waals surface area (Å²) in [4.78, 5) is 4.55. The molecule has 0 heterocycles. The lowest BCUT2D eigenvalue weighted by Crippen LogP contribution is -2.04. The Labute approximate surface area is 107 Å². The molecule has 0 aliphatic rings. The van der Waals surface area contributed by atoms with E-state index in [1.807, 2.05) is 60.7 Å². The summed E-state index contributed by atoms with van der Waals surface area (Å²) in [5, 5.41) is 8.60. The summed E-state index contributed by atoms with van der Waals surface area (Å²) in [7, 11) is 0. The molecular formula is C16H14N2. The highest BCUT2D eigenvalue weighted by molar-refractivity contribution is 6.12. The topological polar surface area (TPSA) is 36.1 Å². The largest absolute Gasteiger partial charge is 0.283 e. The second-order valence-corrected chi connectivity index (χ2v) is 3.87. The van der Waals surface area contributed by atoms with Crippen LogP contribution in [0.1, 0.15) is 17.5 Å². The van der Waals surface area contributed by atoms with Gasteiger partial charge in [0.05, 0.1) is 24.7 Å². The van der Waals surface area contributed by atoms with Crippen LogP contribution in [0, 0.1) is 11.3 Å². The molecule has 0 amide bonds. The van der Waals surface area contributed by atoms with Gasteiger partial charge in [-0.3, -0.25) is 4.99 Å². The van der Waals surface area contributed by atoms with E-state index in [0.717, 1.165) is 16.8 Å². The highest BCUT2D eigenvalue weighted by Crippen LogP contribution is 2.11. The lowest BCUT2D eigenvalue weighted by molar-refractivity contribution is 1.02. The van der Waals surface area contributed by atoms with Gasteiger partial charge in [-0.15, -0.1) is 0 Å². The minimum atomic E-state index is 0.448. The maximum absolute atomic E-state index is 8.60. The normalized spacial score (nSPS) is 9.50. The smallest absolute Gasteiger partial charge is 0.0719 e. The maximum atomic E-state index is 8.60. The fourth-order valence-corrected chi connectivity index (χ4v) is 1.76. The van der Waals surface area contributed by atoms with Gasteiger partial charge in [0.1, 0.15) is 0 Å². The maximum Gasteiger partial charge on any atom is 0.0719 e. The molecule has 0 saturated heterocycles. The van der Waals surface area contributed by atoms with E-state index >= 15 is 0 Å². The summed E-state index contributed by atoms with van der Waals surface area (Å²) in [5.74, 6) is 0. The monoisotopic (exact) mass is 235 g/mol. The van der Waals surface area contributed by atoms with Gasteiger partial charge in [0.25, 0.3) is 0 Å². The molecule has 2 rings (SSSR count). The van der Waals surface area contributed by atoms with Crippen molar-refractivity contribution in [3.63, 3.8) is 0 Å². The van der Waals surface area contributed by atoms with Crippen LogP contribution in [0.5, 0.6) is 0 Å². The molecule has 2 aromatic carbocycles. The first-order valence-electron chi connectivity index (χ1n) is 5.94. The van der Waals surface area contributed by atoms with Gasteiger partial charge in [0.2, 0.25) is 0 Å². The van der Waals surface area contributed by atoms with E-state index in [4.69, 9.17) is 5.26 Å². The van der Waals surface area contributed by atoms with Gasteiger partial charge in [0, 0.05) is 11.1 Å². The molecule has 0 unspecified atom stereocenters. The third-order valence-corrected chi connectivity index (χ3v) is 2.59. The van der Waals surface area contributed by atoms with Gasteiger partial charge in [0.15, 0.2) is 0 Å². The third-order valence-electron chi connectivity index (χ3n) is 2.59. The molecule has 88 valence electrons. The van der Waals surface area contributed by atoms with E-state index < -0.39 is 0 Å². The van der Waals surface area contributed by atoms with Crippen LogP contribution in [0.3, 0.4) is 0 Å². The lowest BCUT2D eigenvalue weighted by Gasteiger charge is -2.06. The number of benzene rings is 2. The van der Waals surface area contributed by atoms with Crippen molar-refractivity contribution in [2.24, 2.45) is 4.99 Å². The van der Waals surface area contributed by atoms with Gasteiger partial charge in [-0.05, 0) is 0 Å². The van der Waals surface area contributed by atoms with Crippen LogP contribution in [0.25, 0.3) is 0 Å². The highest BCUT2D eigenvalue weighted by atomic mass is 15.5. The molecule has 0 aromatic heterocycles. The Bertz CT molecular complexity index is 509. The van der Waals surface area contributed by atoms with Crippen molar-refractivity contribution in [1.29, 1.82) is 5.26 Å². The molecular weight excluding hydrogens is 221 g/mol. The minimum Gasteiger partial charge on any atom is -0.283 e. The van der Waals surface area contributed by atoms with Gasteiger partial charge in [-0.1, -0.05) is 60.7 Å². The lowest BCUT2D eigenvalue weighted by atomic mass is 10.0. The van der Waals surface area contributed by atoms with E-state index in [1.165, 1.54) is 0 Å². The molecule has 2 aromatic rings. The molecule has 0 aliphatic carbocycles. The molecule has 0 atom stereocenters. The SMILES string of the molecule is N#CCC[15N]=C(c1ccccc1)c1ccccc1. The number of hydrogen-bond donors (Lipinski definition) is 0. The first-order chi connectivity index (χ1) is 8.92. The number of aliphatic imine (C=N–C) groups is 1. The van der Waals surface area contributed by atoms with Crippen LogP contribution in [0.4, 0.5) is 0 Å². The Balaban J connectivity index is 2.36. The second-order valence-electron chi connectivity index (χ2n) is 3.87. The van der Waals surface area contributed by atoms with Gasteiger partial charge in [-0.25, -0.2) is 0 Å². The van der Waals surface area contributed by atoms with Crippen LogP contribution in [-0.4, -0.2) is 12.3 Å². The fourth-order valence-electron chi connectivity index (χ4n) is 1.76. The zero-order valence-electron chi connectivity index (χ0n) is 10.1. The van der Waals surface area contributed by atoms with Crippen molar-refractivity contribution in [2.45, 2.75) is 6.42 Å². The summed E-state index contributed by atoms with van der Waals surface area (Å²) >= 11 is 0. The third kappa shape index (κ3) is 3.05. The van der Waals surface area contributed by atoms with E-state index in [1.54, 1.807) is 0 Å². The molecule has 0 spiro atoms. The molecule has 0 aliphatic heterocycles. The molecule has 0 N–H and O–H groups in total. The number of nitrogens with zero attached hydrogens (tertiary/aromatic N) is 2. The van der Waals surface area contributed by atoms with E-state index in [9.17, 15) is 0 Å². The Morgan fingerprint density at radius 3 is 1.83 bits per heavy atom. The number of rotatable bonds is 4. The van der Waals surface area contributed by atoms with Crippen LogP contribution < -0.4 is 0 Å². The standard InChI is InChI=1S/C16H14N2/c17-12-7-13-18-16(14-8-3-1-4-9-14)15-10-5-2-6-11-15/h1-6,8-11H,7,13H2/i18+1. The molecule has 0 radical (unpaired) electrons. The van der Waals surface area contributed by atoms with Crippen LogP contribution in [-0.2, 0) is 0 Å². The number of nitriles is 1. The highest BCUT2D eigenvalue weighted by Gasteiger charge is 2.05. The molecule has 2 heteroatoms. The molecule has 0 saturated carbocycles. The van der Waals surface area contributed by atoms with Crippen molar-refractivity contribution in [3.05, 3.63) is 71.8 Å². The first kappa shape index (κ1) is 12.1. The van der Waals surface area contributed by atoms with Crippen LogP contribution >= 0.6 is 0 Å². The number of hydrogen-bond acceptors (Lipinski definition) is 2. The molecule has 2 nitrogen and oxygen atoms in total. The molecule has 0 fully saturated rings. The Kier molecular flexibility index (Phi) is 4.27. The zero-order chi connectivity index (χ0) is 12.6. The summed E-state index contributed by atoms with van der Waals surface area (Å²) in [6.07, 6.45) is 0.448. The zero-order valence-corrected chi connectivity index (χ0v) is 10.1. The molecule has 18 heavy (non-hydrogen) atoms. The predicted molar refractivity (Wildman–Crippen MR) is 73.6 cm³/mol. The molecule has 0 bridgehead atoms. The minimum absolute atomic E-state index is 0.448. The average molecular weight is 235 g/mol. The van der Waals surface area contributed by atoms with E-state index in [2.05, 4.69) is 11.1 Å². The second kappa shape index (κ2) is 6.36. The Hall–Kier alpha value is -2.40. The fraction of sp³-hybridized carbons (Fsp3) is 0.125. The summed E-state index contributed by atoms with van der Waals surface area (Å²) in [6, 6.07) is 22.2. The van der Waals surface area contributed by atoms with Crippen LogP contribution in [0.2, 0.25) is 0 Å². The van der Waals surface area contributed by atoms with Gasteiger partial charge in [-0.2, -0.15) is 5.26 Å². The Morgan fingerprint density at radius 1 is 0.889 bits per heavy atom. The van der Waals surface area contributed by atoms with Crippen molar-refractivity contribution in [3.8, 4) is 6.07 Å². The van der Waals surface area contributed by atoms with Gasteiger partial charge < -0.3 is 0 Å². The van der Waals surface area contributed by atoms with Crippen molar-refractivity contribution in [2.75, 3.05) is 6.54 Å². The quantitative estimate of drug-likeness (QED) is 0.454. The van der Waals surface area contributed by atoms with E-state index in [0.29, 0.717) is 13.0 Å². The summed E-state index contributed by atoms with van der Waals surface area (Å²) < 4.78 is 0. The summed E-state index contributed by atoms with van der Waals surface area (Å²) in [6.45, 7) is 0.537. The summed E-state index contributed by atoms with van der Waals surface area (Å²) in [5.41, 5.74) is 3.12. The van der Waals surface area contributed by atoms with Gasteiger partial charge >= 0.3 is 0 Å². The van der Waals surface area contributed by atoms with Crippen molar-refractivity contribution in [1.82, 2.24) is 0 Å². The van der Waals surface area contributed by atoms with E-state index in [-0.39, 0.29) is 0 Å². The first-order valence-corrected chi connectivity index (χ1v) is 5.94. The van der Waals surface area contributed by atoms with Crippen molar-refractivity contribution >= 4 is 5.71 Å². The average Bonchev–Trinajstić information content (AvgIpc) is 2.46.